The first-order valence-corrected chi connectivity index (χ1v) is 7.61. The molecule has 1 fully saturated rings. The first-order valence-electron chi connectivity index (χ1n) is 7.61. The van der Waals surface area contributed by atoms with Gasteiger partial charge >= 0.3 is 5.97 Å². The van der Waals surface area contributed by atoms with Crippen molar-refractivity contribution in [3.05, 3.63) is 23.8 Å². The fourth-order valence-corrected chi connectivity index (χ4v) is 2.91. The molecule has 1 aliphatic rings. The summed E-state index contributed by atoms with van der Waals surface area (Å²) in [5.41, 5.74) is 8.21. The van der Waals surface area contributed by atoms with Crippen molar-refractivity contribution in [3.63, 3.8) is 0 Å². The Morgan fingerprint density at radius 3 is 3.05 bits per heavy atom. The lowest BCUT2D eigenvalue weighted by Gasteiger charge is -2.28. The Morgan fingerprint density at radius 1 is 1.52 bits per heavy atom. The van der Waals surface area contributed by atoms with Gasteiger partial charge in [-0.05, 0) is 50.8 Å². The van der Waals surface area contributed by atoms with Crippen LogP contribution in [-0.4, -0.2) is 36.9 Å². The minimum absolute atomic E-state index is 0.211. The van der Waals surface area contributed by atoms with Crippen molar-refractivity contribution < 1.29 is 14.6 Å². The smallest absolute Gasteiger partial charge is 0.338 e. The van der Waals surface area contributed by atoms with Crippen LogP contribution in [0.25, 0.3) is 0 Å². The minimum atomic E-state index is -0.315. The van der Waals surface area contributed by atoms with E-state index in [2.05, 4.69) is 4.90 Å². The van der Waals surface area contributed by atoms with Crippen LogP contribution >= 0.6 is 0 Å². The van der Waals surface area contributed by atoms with E-state index >= 15 is 0 Å². The van der Waals surface area contributed by atoms with Crippen LogP contribution in [0.2, 0.25) is 0 Å². The number of hydrogen-bond acceptors (Lipinski definition) is 5. The zero-order valence-electron chi connectivity index (χ0n) is 12.5. The summed E-state index contributed by atoms with van der Waals surface area (Å²) >= 11 is 0. The summed E-state index contributed by atoms with van der Waals surface area (Å²) in [6, 6.07) is 5.68. The molecule has 116 valence electrons. The molecule has 1 aliphatic heterocycles. The van der Waals surface area contributed by atoms with E-state index in [1.807, 2.05) is 6.07 Å². The van der Waals surface area contributed by atoms with Gasteiger partial charge in [0.25, 0.3) is 0 Å². The molecule has 0 radical (unpaired) electrons. The molecule has 2 rings (SSSR count). The summed E-state index contributed by atoms with van der Waals surface area (Å²) in [5.74, 6) is -0.315. The van der Waals surface area contributed by atoms with E-state index in [4.69, 9.17) is 15.6 Å². The third kappa shape index (κ3) is 3.67. The SMILES string of the molecule is CCOC(=O)c1ccc(N)c(N2CCCC2CCCO)c1. The van der Waals surface area contributed by atoms with E-state index < -0.39 is 0 Å². The molecule has 1 saturated heterocycles. The number of ether oxygens (including phenoxy) is 1. The number of nitrogens with two attached hydrogens (primary N) is 1. The van der Waals surface area contributed by atoms with Crippen LogP contribution in [0.5, 0.6) is 0 Å². The predicted molar refractivity (Wildman–Crippen MR) is 83.5 cm³/mol. The number of aliphatic hydroxyl groups excluding tert-OH is 1. The van der Waals surface area contributed by atoms with Gasteiger partial charge in [0.1, 0.15) is 0 Å². The summed E-state index contributed by atoms with van der Waals surface area (Å²) in [6.07, 6.45) is 3.94. The molecule has 0 aromatic heterocycles. The Balaban J connectivity index is 2.21. The summed E-state index contributed by atoms with van der Waals surface area (Å²) < 4.78 is 5.05. The van der Waals surface area contributed by atoms with Gasteiger partial charge in [-0.25, -0.2) is 4.79 Å². The van der Waals surface area contributed by atoms with Crippen molar-refractivity contribution in [2.24, 2.45) is 0 Å². The Labute approximate surface area is 125 Å². The van der Waals surface area contributed by atoms with Gasteiger partial charge in [-0.1, -0.05) is 0 Å². The molecule has 1 aromatic rings. The van der Waals surface area contributed by atoms with Crippen LogP contribution in [0.1, 0.15) is 43.0 Å². The van der Waals surface area contributed by atoms with Crippen molar-refractivity contribution in [2.75, 3.05) is 30.4 Å². The Morgan fingerprint density at radius 2 is 2.33 bits per heavy atom. The van der Waals surface area contributed by atoms with Gasteiger partial charge < -0.3 is 20.5 Å². The first-order chi connectivity index (χ1) is 10.2. The van der Waals surface area contributed by atoms with Crippen LogP contribution in [0.15, 0.2) is 18.2 Å². The zero-order chi connectivity index (χ0) is 15.2. The second-order valence-electron chi connectivity index (χ2n) is 5.35. The molecule has 0 bridgehead atoms. The van der Waals surface area contributed by atoms with Crippen LogP contribution in [-0.2, 0) is 4.74 Å². The molecule has 1 aromatic carbocycles. The lowest BCUT2D eigenvalue weighted by Crippen LogP contribution is -2.30. The van der Waals surface area contributed by atoms with Crippen molar-refractivity contribution in [2.45, 2.75) is 38.6 Å². The molecule has 3 N–H and O–H groups in total. The highest BCUT2D eigenvalue weighted by atomic mass is 16.5. The standard InChI is InChI=1S/C16H24N2O3/c1-2-21-16(20)12-7-8-14(17)15(11-12)18-9-3-5-13(18)6-4-10-19/h7-8,11,13,19H,2-6,9-10,17H2,1H3. The number of esters is 1. The van der Waals surface area contributed by atoms with Gasteiger partial charge in [-0.2, -0.15) is 0 Å². The third-order valence-electron chi connectivity index (χ3n) is 3.92. The molecule has 21 heavy (non-hydrogen) atoms. The number of carbonyl (C=O) groups excluding carboxylic acids is 1. The van der Waals surface area contributed by atoms with Crippen molar-refractivity contribution >= 4 is 17.3 Å². The summed E-state index contributed by atoms with van der Waals surface area (Å²) in [7, 11) is 0. The minimum Gasteiger partial charge on any atom is -0.462 e. The third-order valence-corrected chi connectivity index (χ3v) is 3.92. The summed E-state index contributed by atoms with van der Waals surface area (Å²) in [6.45, 7) is 3.30. The lowest BCUT2D eigenvalue weighted by atomic mass is 10.1. The van der Waals surface area contributed by atoms with Crippen LogP contribution < -0.4 is 10.6 Å². The lowest BCUT2D eigenvalue weighted by molar-refractivity contribution is 0.0526. The van der Waals surface area contributed by atoms with Crippen LogP contribution in [0, 0.1) is 0 Å². The van der Waals surface area contributed by atoms with Gasteiger partial charge in [0, 0.05) is 19.2 Å². The highest BCUT2D eigenvalue weighted by molar-refractivity contribution is 5.92. The summed E-state index contributed by atoms with van der Waals surface area (Å²) in [5, 5.41) is 9.01. The number of nitrogens with zero attached hydrogens (tertiary/aromatic N) is 1. The zero-order valence-corrected chi connectivity index (χ0v) is 12.5. The second-order valence-corrected chi connectivity index (χ2v) is 5.35. The average molecular weight is 292 g/mol. The molecule has 0 aliphatic carbocycles. The van der Waals surface area contributed by atoms with Crippen molar-refractivity contribution in [3.8, 4) is 0 Å². The van der Waals surface area contributed by atoms with E-state index in [-0.39, 0.29) is 12.6 Å². The number of hydrogen-bond donors (Lipinski definition) is 2. The molecule has 1 atom stereocenters. The molecule has 5 heteroatoms. The fraction of sp³-hybridized carbons (Fsp3) is 0.562. The molecule has 0 saturated carbocycles. The maximum Gasteiger partial charge on any atom is 0.338 e. The number of aliphatic hydroxyl groups is 1. The maximum absolute atomic E-state index is 11.9. The van der Waals surface area contributed by atoms with E-state index in [1.165, 1.54) is 0 Å². The summed E-state index contributed by atoms with van der Waals surface area (Å²) in [4.78, 5) is 14.1. The maximum atomic E-state index is 11.9. The number of benzene rings is 1. The highest BCUT2D eigenvalue weighted by Gasteiger charge is 2.26. The monoisotopic (exact) mass is 292 g/mol. The number of nitrogen functional groups attached to an aromatic ring is 1. The van der Waals surface area contributed by atoms with Gasteiger partial charge in [-0.15, -0.1) is 0 Å². The van der Waals surface area contributed by atoms with Gasteiger partial charge in [0.2, 0.25) is 0 Å². The van der Waals surface area contributed by atoms with E-state index in [0.29, 0.717) is 23.9 Å². The Hall–Kier alpha value is -1.75. The molecule has 5 nitrogen and oxygen atoms in total. The van der Waals surface area contributed by atoms with Gasteiger partial charge in [0.05, 0.1) is 23.5 Å². The predicted octanol–water partition coefficient (Wildman–Crippen LogP) is 2.19. The molecule has 1 heterocycles. The van der Waals surface area contributed by atoms with Gasteiger partial charge in [-0.3, -0.25) is 0 Å². The van der Waals surface area contributed by atoms with E-state index in [0.717, 1.165) is 37.9 Å². The molecule has 0 amide bonds. The topological polar surface area (TPSA) is 75.8 Å². The number of carbonyl (C=O) groups is 1. The highest BCUT2D eigenvalue weighted by Crippen LogP contribution is 2.33. The van der Waals surface area contributed by atoms with E-state index in [1.54, 1.807) is 19.1 Å². The molecular weight excluding hydrogens is 268 g/mol. The Kier molecular flexibility index (Phi) is 5.44. The van der Waals surface area contributed by atoms with Gasteiger partial charge in [0.15, 0.2) is 0 Å². The number of anilines is 2. The van der Waals surface area contributed by atoms with Crippen LogP contribution in [0.4, 0.5) is 11.4 Å². The van der Waals surface area contributed by atoms with Crippen molar-refractivity contribution in [1.29, 1.82) is 0 Å². The normalized spacial score (nSPS) is 18.0. The molecular formula is C16H24N2O3. The average Bonchev–Trinajstić information content (AvgIpc) is 2.94. The number of rotatable bonds is 6. The molecule has 0 spiro atoms. The largest absolute Gasteiger partial charge is 0.462 e. The fourth-order valence-electron chi connectivity index (χ4n) is 2.91. The second kappa shape index (κ2) is 7.31. The quantitative estimate of drug-likeness (QED) is 0.621. The van der Waals surface area contributed by atoms with E-state index in [9.17, 15) is 4.79 Å². The Bertz CT molecular complexity index is 490. The van der Waals surface area contributed by atoms with Crippen molar-refractivity contribution in [1.82, 2.24) is 0 Å². The molecule has 1 unspecified atom stereocenters. The first kappa shape index (κ1) is 15.6. The van der Waals surface area contributed by atoms with Crippen LogP contribution in [0.3, 0.4) is 0 Å².